The van der Waals surface area contributed by atoms with Crippen LogP contribution < -0.4 is 0 Å². The molecule has 0 aromatic heterocycles. The van der Waals surface area contributed by atoms with E-state index in [1.54, 1.807) is 71.9 Å². The third-order valence-corrected chi connectivity index (χ3v) is 10.9. The maximum absolute atomic E-state index is 15.5. The summed E-state index contributed by atoms with van der Waals surface area (Å²) in [5.41, 5.74) is -10.9. The van der Waals surface area contributed by atoms with Gasteiger partial charge in [-0.3, -0.25) is 24.4 Å². The first kappa shape index (κ1) is 30.9. The van der Waals surface area contributed by atoms with Crippen molar-refractivity contribution in [3.8, 4) is 0 Å². The quantitative estimate of drug-likeness (QED) is 0.161. The molecular formula is C33H42O9. The monoisotopic (exact) mass is 582 g/mol. The Hall–Kier alpha value is -2.56. The number of benzene rings is 1. The number of hydrogen-bond acceptors (Lipinski definition) is 9. The van der Waals surface area contributed by atoms with Gasteiger partial charge in [0, 0.05) is 11.5 Å². The summed E-state index contributed by atoms with van der Waals surface area (Å²) in [5, 5.41) is 20.7. The Morgan fingerprint density at radius 1 is 0.976 bits per heavy atom. The standard InChI is InChI=1S/C33H42O9/c1-27(2,41-39)14-15-31-17-20-16-21-30(7,8)42-40-22(29(5,6)38)18-32(21,24(31)35)26(37)33(25(31)36,28(20,3)4)23(34)19-12-10-9-11-13-19/h9-15,20-22,38-39H,16-18H2,1-8H3/b15-14+/t20?,21-,22+,31?,32?,33?/m0/s1. The van der Waals surface area contributed by atoms with Crippen molar-refractivity contribution in [2.45, 2.75) is 97.6 Å². The van der Waals surface area contributed by atoms with Crippen LogP contribution in [-0.4, -0.2) is 56.4 Å². The van der Waals surface area contributed by atoms with Crippen LogP contribution in [0.25, 0.3) is 0 Å². The van der Waals surface area contributed by atoms with Crippen LogP contribution in [0.15, 0.2) is 42.5 Å². The molecule has 1 heterocycles. The Balaban J connectivity index is 1.92. The highest BCUT2D eigenvalue weighted by molar-refractivity contribution is 6.42. The largest absolute Gasteiger partial charge is 0.388 e. The van der Waals surface area contributed by atoms with Crippen molar-refractivity contribution < 1.29 is 44.2 Å². The van der Waals surface area contributed by atoms with Crippen molar-refractivity contribution in [1.29, 1.82) is 0 Å². The Bertz CT molecular complexity index is 1370. The molecule has 4 unspecified atom stereocenters. The third-order valence-electron chi connectivity index (χ3n) is 10.9. The fourth-order valence-corrected chi connectivity index (χ4v) is 8.31. The van der Waals surface area contributed by atoms with Crippen LogP contribution in [0.5, 0.6) is 0 Å². The Labute approximate surface area is 246 Å². The lowest BCUT2D eigenvalue weighted by atomic mass is 9.36. The van der Waals surface area contributed by atoms with E-state index < -0.39 is 79.5 Å². The zero-order valence-corrected chi connectivity index (χ0v) is 25.6. The van der Waals surface area contributed by atoms with Crippen LogP contribution in [0, 0.1) is 33.5 Å². The zero-order chi connectivity index (χ0) is 31.3. The smallest absolute Gasteiger partial charge is 0.184 e. The summed E-state index contributed by atoms with van der Waals surface area (Å²) >= 11 is 0. The minimum Gasteiger partial charge on any atom is -0.388 e. The minimum absolute atomic E-state index is 0.0785. The van der Waals surface area contributed by atoms with Gasteiger partial charge in [-0.1, -0.05) is 56.3 Å². The molecule has 6 atom stereocenters. The van der Waals surface area contributed by atoms with Crippen molar-refractivity contribution >= 4 is 23.1 Å². The Morgan fingerprint density at radius 2 is 1.60 bits per heavy atom. The molecule has 1 saturated heterocycles. The molecule has 0 amide bonds. The number of ketones is 4. The van der Waals surface area contributed by atoms with E-state index in [1.165, 1.54) is 26.0 Å². The average Bonchev–Trinajstić information content (AvgIpc) is 3.12. The first-order chi connectivity index (χ1) is 19.3. The SMILES string of the molecule is CC(C)(/C=C/C12CC3C[C@H]4C(C)(C)OO[C@@H](C(C)(C)O)CC4(C1=O)C(=O)C(C(=O)c1ccccc1)(C2=O)C3(C)C)OO. The molecule has 5 fully saturated rings. The van der Waals surface area contributed by atoms with Crippen molar-refractivity contribution in [1.82, 2.24) is 0 Å². The van der Waals surface area contributed by atoms with E-state index in [-0.39, 0.29) is 18.4 Å². The van der Waals surface area contributed by atoms with Gasteiger partial charge in [0.25, 0.3) is 0 Å². The molecule has 1 aromatic carbocycles. The minimum atomic E-state index is -2.21. The van der Waals surface area contributed by atoms with Crippen molar-refractivity contribution in [2.24, 2.45) is 33.5 Å². The van der Waals surface area contributed by atoms with Gasteiger partial charge in [0.1, 0.15) is 22.7 Å². The van der Waals surface area contributed by atoms with Gasteiger partial charge in [-0.15, -0.1) is 0 Å². The fraction of sp³-hybridized carbons (Fsp3) is 0.636. The van der Waals surface area contributed by atoms with Gasteiger partial charge in [-0.25, -0.2) is 14.7 Å². The molecule has 2 N–H and O–H groups in total. The summed E-state index contributed by atoms with van der Waals surface area (Å²) in [6, 6.07) is 8.26. The molecule has 4 aliphatic carbocycles. The van der Waals surface area contributed by atoms with Gasteiger partial charge >= 0.3 is 0 Å². The highest BCUT2D eigenvalue weighted by Crippen LogP contribution is 2.73. The Kier molecular flexibility index (Phi) is 6.78. The first-order valence-electron chi connectivity index (χ1n) is 14.6. The van der Waals surface area contributed by atoms with E-state index in [4.69, 9.17) is 9.78 Å². The topological polar surface area (TPSA) is 136 Å². The lowest BCUT2D eigenvalue weighted by Crippen LogP contribution is -2.76. The van der Waals surface area contributed by atoms with Crippen LogP contribution in [0.3, 0.4) is 0 Å². The summed E-state index contributed by atoms with van der Waals surface area (Å²) in [6.45, 7) is 13.2. The highest BCUT2D eigenvalue weighted by atomic mass is 17.2. The van der Waals surface area contributed by atoms with E-state index in [0.29, 0.717) is 6.42 Å². The number of hydrogen-bond donors (Lipinski definition) is 2. The van der Waals surface area contributed by atoms with Gasteiger partial charge in [0.05, 0.1) is 11.0 Å². The molecule has 6 rings (SSSR count). The molecule has 9 nitrogen and oxygen atoms in total. The number of Topliss-reactive ketones (excluding diaryl/α,β-unsaturated/α-hetero) is 4. The number of rotatable bonds is 6. The summed E-state index contributed by atoms with van der Waals surface area (Å²) in [5.74, 6) is -3.95. The lowest BCUT2D eigenvalue weighted by Gasteiger charge is -2.60. The summed E-state index contributed by atoms with van der Waals surface area (Å²) in [4.78, 5) is 77.0. The molecule has 228 valence electrons. The van der Waals surface area contributed by atoms with E-state index >= 15 is 14.4 Å². The second-order valence-corrected chi connectivity index (χ2v) is 14.9. The van der Waals surface area contributed by atoms with E-state index in [1.807, 2.05) is 0 Å². The van der Waals surface area contributed by atoms with E-state index in [9.17, 15) is 15.2 Å². The molecule has 0 radical (unpaired) electrons. The van der Waals surface area contributed by atoms with Gasteiger partial charge in [-0.2, -0.15) is 0 Å². The predicted molar refractivity (Wildman–Crippen MR) is 151 cm³/mol. The molecule has 1 aromatic rings. The second kappa shape index (κ2) is 9.22. The van der Waals surface area contributed by atoms with Crippen LogP contribution in [-0.2, 0) is 29.0 Å². The van der Waals surface area contributed by atoms with Crippen LogP contribution in [0.1, 0.15) is 85.0 Å². The summed E-state index contributed by atoms with van der Waals surface area (Å²) in [7, 11) is 0. The van der Waals surface area contributed by atoms with E-state index in [0.717, 1.165) is 0 Å². The first-order valence-corrected chi connectivity index (χ1v) is 14.6. The number of allylic oxidation sites excluding steroid dienone is 1. The average molecular weight is 583 g/mol. The number of aliphatic hydroxyl groups is 1. The molecule has 1 aliphatic heterocycles. The molecular weight excluding hydrogens is 540 g/mol. The van der Waals surface area contributed by atoms with Crippen LogP contribution in [0.2, 0.25) is 0 Å². The van der Waals surface area contributed by atoms with Crippen molar-refractivity contribution in [2.75, 3.05) is 0 Å². The molecule has 5 aliphatic rings. The van der Waals surface area contributed by atoms with Gasteiger partial charge in [-0.05, 0) is 72.1 Å². The molecule has 9 heteroatoms. The second-order valence-electron chi connectivity index (χ2n) is 14.9. The van der Waals surface area contributed by atoms with Crippen molar-refractivity contribution in [3.63, 3.8) is 0 Å². The van der Waals surface area contributed by atoms with Crippen molar-refractivity contribution in [3.05, 3.63) is 48.0 Å². The molecule has 4 saturated carbocycles. The zero-order valence-electron chi connectivity index (χ0n) is 25.6. The molecule has 1 spiro atoms. The number of carbonyl (C=O) groups is 4. The fourth-order valence-electron chi connectivity index (χ4n) is 8.31. The normalized spacial score (nSPS) is 37.5. The maximum Gasteiger partial charge on any atom is 0.184 e. The van der Waals surface area contributed by atoms with E-state index in [2.05, 4.69) is 4.89 Å². The molecule has 42 heavy (non-hydrogen) atoms. The van der Waals surface area contributed by atoms with Gasteiger partial charge < -0.3 is 5.11 Å². The summed E-state index contributed by atoms with van der Waals surface area (Å²) < 4.78 is 0. The lowest BCUT2D eigenvalue weighted by molar-refractivity contribution is -0.394. The predicted octanol–water partition coefficient (Wildman–Crippen LogP) is 4.71. The van der Waals surface area contributed by atoms with Gasteiger partial charge in [0.15, 0.2) is 28.5 Å². The highest BCUT2D eigenvalue weighted by Gasteiger charge is 2.85. The molecule has 4 bridgehead atoms. The van der Waals surface area contributed by atoms with Gasteiger partial charge in [0.2, 0.25) is 0 Å². The van der Waals surface area contributed by atoms with Crippen LogP contribution >= 0.6 is 0 Å². The summed E-state index contributed by atoms with van der Waals surface area (Å²) in [6.07, 6.45) is 1.89. The number of carbonyl (C=O) groups excluding carboxylic acids is 4. The maximum atomic E-state index is 15.5. The third kappa shape index (κ3) is 3.80. The van der Waals surface area contributed by atoms with Crippen LogP contribution in [0.4, 0.5) is 0 Å². The Morgan fingerprint density at radius 3 is 2.17 bits per heavy atom.